The van der Waals surface area contributed by atoms with Gasteiger partial charge in [-0.05, 0) is 88.4 Å². The lowest BCUT2D eigenvalue weighted by Crippen LogP contribution is -2.48. The summed E-state index contributed by atoms with van der Waals surface area (Å²) in [5.74, 6) is -0.576. The van der Waals surface area contributed by atoms with E-state index in [2.05, 4.69) is 10.6 Å². The van der Waals surface area contributed by atoms with Crippen molar-refractivity contribution in [3.8, 4) is 5.75 Å². The fraction of sp³-hybridized carbons (Fsp3) is 0.559. The highest BCUT2D eigenvalue weighted by atomic mass is 19.1. The summed E-state index contributed by atoms with van der Waals surface area (Å²) < 4.78 is 25.9. The Balaban J connectivity index is 1.57. The molecule has 4 rings (SSSR count). The zero-order valence-electron chi connectivity index (χ0n) is 26.8. The Labute approximate surface area is 265 Å². The molecule has 0 bridgehead atoms. The van der Waals surface area contributed by atoms with E-state index in [1.807, 2.05) is 13.8 Å². The molecule has 1 aliphatic carbocycles. The molecule has 0 unspecified atom stereocenters. The number of carbonyl (C=O) groups is 3. The van der Waals surface area contributed by atoms with Crippen LogP contribution in [0.25, 0.3) is 0 Å². The van der Waals surface area contributed by atoms with Gasteiger partial charge in [0.25, 0.3) is 5.91 Å². The van der Waals surface area contributed by atoms with Gasteiger partial charge in [0.05, 0.1) is 30.4 Å². The zero-order valence-corrected chi connectivity index (χ0v) is 26.8. The van der Waals surface area contributed by atoms with E-state index in [9.17, 15) is 23.9 Å². The van der Waals surface area contributed by atoms with Crippen LogP contribution in [0.5, 0.6) is 5.75 Å². The number of carbonyl (C=O) groups excluding carboxylic acids is 3. The number of hydrogen-bond acceptors (Lipinski definition) is 6. The zero-order chi connectivity index (χ0) is 32.5. The molecule has 4 atom stereocenters. The molecule has 3 N–H and O–H groups in total. The number of aliphatic hydroxyl groups excluding tert-OH is 1. The van der Waals surface area contributed by atoms with E-state index in [0.717, 1.165) is 38.5 Å². The average molecular weight is 627 g/mol. The molecule has 4 amide bonds. The van der Waals surface area contributed by atoms with Gasteiger partial charge in [-0.3, -0.25) is 9.59 Å². The summed E-state index contributed by atoms with van der Waals surface area (Å²) in [6, 6.07) is 9.81. The van der Waals surface area contributed by atoms with E-state index in [4.69, 9.17) is 9.47 Å². The van der Waals surface area contributed by atoms with Crippen molar-refractivity contribution in [2.45, 2.75) is 77.5 Å². The molecular formula is C34H47FN4O6. The van der Waals surface area contributed by atoms with Gasteiger partial charge in [0.2, 0.25) is 5.91 Å². The van der Waals surface area contributed by atoms with Gasteiger partial charge >= 0.3 is 6.03 Å². The number of anilines is 2. The molecule has 1 aliphatic heterocycles. The number of fused-ring (bicyclic) bond motifs is 1. The summed E-state index contributed by atoms with van der Waals surface area (Å²) >= 11 is 0. The molecule has 2 aliphatic rings. The number of ether oxygens (including phenoxy) is 2. The first kappa shape index (κ1) is 34.2. The van der Waals surface area contributed by atoms with E-state index in [1.165, 1.54) is 29.2 Å². The predicted molar refractivity (Wildman–Crippen MR) is 171 cm³/mol. The SMILES string of the molecule is C[C@H](CO)N1C[C@H](C)[C@H](CN(C)C(=O)Nc2ccc(F)cc2)OCCCC[C@H](C)Oc2ccc(NC(=O)C3CCC3)cc2C1=O. The number of urea groups is 1. The standard InChI is InChI=1S/C34H47FN4O6/c1-22-19-39(23(2)21-40)33(42)29-18-28(36-32(41)25-9-7-10-25)15-16-30(29)45-24(3)8-5-6-17-44-31(22)20-38(4)34(43)37-27-13-11-26(35)12-14-27/h11-16,18,22-25,31,40H,5-10,17,19-21H2,1-4H3,(H,36,41)(H,37,43)/t22-,23+,24-,31-/m0/s1. The summed E-state index contributed by atoms with van der Waals surface area (Å²) in [5.41, 5.74) is 1.31. The first-order chi connectivity index (χ1) is 21.5. The number of likely N-dealkylation sites (N-methyl/N-ethyl adjacent to an activating group) is 1. The monoisotopic (exact) mass is 626 g/mol. The van der Waals surface area contributed by atoms with Gasteiger partial charge in [0, 0.05) is 50.0 Å². The van der Waals surface area contributed by atoms with Crippen LogP contribution in [0.2, 0.25) is 0 Å². The lowest BCUT2D eigenvalue weighted by Gasteiger charge is -2.36. The quantitative estimate of drug-likeness (QED) is 0.372. The molecule has 45 heavy (non-hydrogen) atoms. The number of hydrogen-bond donors (Lipinski definition) is 3. The Kier molecular flexibility index (Phi) is 12.2. The lowest BCUT2D eigenvalue weighted by molar-refractivity contribution is -0.122. The Hall–Kier alpha value is -3.70. The smallest absolute Gasteiger partial charge is 0.321 e. The van der Waals surface area contributed by atoms with Crippen LogP contribution in [0.3, 0.4) is 0 Å². The minimum absolute atomic E-state index is 0.00904. The Morgan fingerprint density at radius 2 is 1.76 bits per heavy atom. The van der Waals surface area contributed by atoms with Crippen molar-refractivity contribution in [2.75, 3.05) is 44.0 Å². The highest BCUT2D eigenvalue weighted by Gasteiger charge is 2.31. The van der Waals surface area contributed by atoms with E-state index < -0.39 is 18.0 Å². The molecule has 2 aromatic carbocycles. The molecule has 246 valence electrons. The van der Waals surface area contributed by atoms with Crippen molar-refractivity contribution in [1.82, 2.24) is 9.80 Å². The molecule has 1 fully saturated rings. The van der Waals surface area contributed by atoms with Crippen molar-refractivity contribution in [2.24, 2.45) is 11.8 Å². The molecule has 1 saturated carbocycles. The number of rotatable bonds is 7. The average Bonchev–Trinajstić information content (AvgIpc) is 2.98. The molecule has 0 spiro atoms. The van der Waals surface area contributed by atoms with Gasteiger partial charge in [-0.1, -0.05) is 13.3 Å². The summed E-state index contributed by atoms with van der Waals surface area (Å²) in [5, 5.41) is 15.9. The number of nitrogens with one attached hydrogen (secondary N) is 2. The largest absolute Gasteiger partial charge is 0.490 e. The molecule has 2 aromatic rings. The maximum absolute atomic E-state index is 14.2. The van der Waals surface area contributed by atoms with E-state index in [0.29, 0.717) is 29.3 Å². The van der Waals surface area contributed by atoms with Gasteiger partial charge in [-0.25, -0.2) is 9.18 Å². The topological polar surface area (TPSA) is 120 Å². The van der Waals surface area contributed by atoms with Crippen LogP contribution in [0.15, 0.2) is 42.5 Å². The van der Waals surface area contributed by atoms with Gasteiger partial charge in [0.1, 0.15) is 11.6 Å². The molecule has 0 radical (unpaired) electrons. The first-order valence-corrected chi connectivity index (χ1v) is 16.0. The Bertz CT molecular complexity index is 1300. The number of aliphatic hydroxyl groups is 1. The predicted octanol–water partition coefficient (Wildman–Crippen LogP) is 5.52. The highest BCUT2D eigenvalue weighted by molar-refractivity contribution is 6.00. The van der Waals surface area contributed by atoms with Crippen LogP contribution in [-0.2, 0) is 9.53 Å². The summed E-state index contributed by atoms with van der Waals surface area (Å²) in [7, 11) is 1.66. The van der Waals surface area contributed by atoms with Crippen molar-refractivity contribution in [3.63, 3.8) is 0 Å². The van der Waals surface area contributed by atoms with Crippen molar-refractivity contribution < 1.29 is 33.4 Å². The molecule has 10 nitrogen and oxygen atoms in total. The molecule has 11 heteroatoms. The number of benzene rings is 2. The summed E-state index contributed by atoms with van der Waals surface area (Å²) in [6.45, 7) is 6.40. The van der Waals surface area contributed by atoms with Crippen LogP contribution >= 0.6 is 0 Å². The third-order valence-corrected chi connectivity index (χ3v) is 8.69. The van der Waals surface area contributed by atoms with E-state index in [1.54, 1.807) is 37.1 Å². The van der Waals surface area contributed by atoms with Crippen LogP contribution < -0.4 is 15.4 Å². The first-order valence-electron chi connectivity index (χ1n) is 16.0. The Morgan fingerprint density at radius 3 is 2.42 bits per heavy atom. The number of nitrogens with zero attached hydrogens (tertiary/aromatic N) is 2. The normalized spacial score (nSPS) is 22.2. The summed E-state index contributed by atoms with van der Waals surface area (Å²) in [6.07, 6.45) is 4.55. The minimum Gasteiger partial charge on any atom is -0.490 e. The maximum atomic E-state index is 14.2. The minimum atomic E-state index is -0.522. The van der Waals surface area contributed by atoms with Gasteiger partial charge in [-0.2, -0.15) is 0 Å². The second-order valence-corrected chi connectivity index (χ2v) is 12.4. The van der Waals surface area contributed by atoms with Crippen molar-refractivity contribution >= 4 is 29.2 Å². The molecule has 0 aromatic heterocycles. The number of amides is 4. The van der Waals surface area contributed by atoms with Crippen LogP contribution in [0, 0.1) is 17.7 Å². The number of halogens is 1. The fourth-order valence-electron chi connectivity index (χ4n) is 5.48. The van der Waals surface area contributed by atoms with Gasteiger partial charge in [0.15, 0.2) is 0 Å². The Morgan fingerprint density at radius 1 is 1.04 bits per heavy atom. The molecule has 0 saturated heterocycles. The van der Waals surface area contributed by atoms with Crippen LogP contribution in [0.1, 0.15) is 69.7 Å². The molecular weight excluding hydrogens is 579 g/mol. The van der Waals surface area contributed by atoms with Crippen LogP contribution in [-0.4, -0.2) is 84.4 Å². The lowest BCUT2D eigenvalue weighted by atomic mass is 9.85. The van der Waals surface area contributed by atoms with E-state index >= 15 is 0 Å². The third-order valence-electron chi connectivity index (χ3n) is 8.69. The summed E-state index contributed by atoms with van der Waals surface area (Å²) in [4.78, 5) is 43.0. The molecule has 1 heterocycles. The third kappa shape index (κ3) is 9.40. The van der Waals surface area contributed by atoms with Crippen molar-refractivity contribution in [3.05, 3.63) is 53.8 Å². The van der Waals surface area contributed by atoms with Gasteiger partial charge in [-0.15, -0.1) is 0 Å². The second kappa shape index (κ2) is 16.0. The van der Waals surface area contributed by atoms with Crippen LogP contribution in [0.4, 0.5) is 20.6 Å². The van der Waals surface area contributed by atoms with E-state index in [-0.39, 0.29) is 55.5 Å². The fourth-order valence-corrected chi connectivity index (χ4v) is 5.48. The van der Waals surface area contributed by atoms with Crippen molar-refractivity contribution in [1.29, 1.82) is 0 Å². The maximum Gasteiger partial charge on any atom is 0.321 e. The second-order valence-electron chi connectivity index (χ2n) is 12.4. The highest BCUT2D eigenvalue weighted by Crippen LogP contribution is 2.31. The van der Waals surface area contributed by atoms with Gasteiger partial charge < -0.3 is 35.0 Å².